The molecular formula is C31H54O4. The van der Waals surface area contributed by atoms with E-state index in [4.69, 9.17) is 9.47 Å². The quantitative estimate of drug-likeness (QED) is 0.0620. The maximum atomic E-state index is 11.6. The van der Waals surface area contributed by atoms with Crippen LogP contribution in [0.5, 0.6) is 0 Å². The molecule has 0 aromatic heterocycles. The zero-order valence-electron chi connectivity index (χ0n) is 23.2. The molecule has 0 amide bonds. The molecule has 0 unspecified atom stereocenters. The summed E-state index contributed by atoms with van der Waals surface area (Å²) in [6, 6.07) is 0. The molecule has 0 radical (unpaired) electrons. The Morgan fingerprint density at radius 2 is 1.14 bits per heavy atom. The van der Waals surface area contributed by atoms with Gasteiger partial charge in [-0.25, -0.2) is 9.59 Å². The minimum Gasteiger partial charge on any atom is -0.463 e. The Morgan fingerprint density at radius 1 is 0.657 bits per heavy atom. The smallest absolute Gasteiger partial charge is 0.344 e. The molecule has 35 heavy (non-hydrogen) atoms. The van der Waals surface area contributed by atoms with Gasteiger partial charge in [0, 0.05) is 18.6 Å². The van der Waals surface area contributed by atoms with Gasteiger partial charge in [-0.3, -0.25) is 0 Å². The highest BCUT2D eigenvalue weighted by Crippen LogP contribution is 2.13. The largest absolute Gasteiger partial charge is 0.463 e. The summed E-state index contributed by atoms with van der Waals surface area (Å²) in [7, 11) is 0. The molecule has 4 heteroatoms. The van der Waals surface area contributed by atoms with Crippen molar-refractivity contribution in [2.75, 3.05) is 6.61 Å². The van der Waals surface area contributed by atoms with Gasteiger partial charge in [0.05, 0.1) is 6.61 Å². The maximum absolute atomic E-state index is 11.6. The second-order valence-corrected chi connectivity index (χ2v) is 10.1. The lowest BCUT2D eigenvalue weighted by atomic mass is 10.0. The average Bonchev–Trinajstić information content (AvgIpc) is 2.83. The number of esters is 2. The highest BCUT2D eigenvalue weighted by molar-refractivity contribution is 5.92. The van der Waals surface area contributed by atoms with Crippen molar-refractivity contribution in [3.63, 3.8) is 0 Å². The molecule has 0 N–H and O–H groups in total. The van der Waals surface area contributed by atoms with Crippen molar-refractivity contribution < 1.29 is 19.1 Å². The Kier molecular flexibility index (Phi) is 25.5. The molecule has 0 atom stereocenters. The molecule has 0 spiro atoms. The summed E-state index contributed by atoms with van der Waals surface area (Å²) in [6.45, 7) is 7.11. The molecule has 4 nitrogen and oxygen atoms in total. The summed E-state index contributed by atoms with van der Waals surface area (Å²) in [6.07, 6.45) is 29.5. The van der Waals surface area contributed by atoms with Crippen LogP contribution < -0.4 is 0 Å². The second-order valence-electron chi connectivity index (χ2n) is 10.1. The van der Waals surface area contributed by atoms with Crippen LogP contribution in [0.15, 0.2) is 12.2 Å². The highest BCUT2D eigenvalue weighted by atomic mass is 16.5. The molecule has 0 aromatic carbocycles. The van der Waals surface area contributed by atoms with Gasteiger partial charge in [-0.05, 0) is 18.8 Å². The summed E-state index contributed by atoms with van der Waals surface area (Å²) >= 11 is 0. The van der Waals surface area contributed by atoms with Crippen molar-refractivity contribution in [1.29, 1.82) is 0 Å². The predicted octanol–water partition coefficient (Wildman–Crippen LogP) is 9.07. The van der Waals surface area contributed by atoms with Crippen LogP contribution >= 0.6 is 0 Å². The molecule has 0 fully saturated rings. The fourth-order valence-corrected chi connectivity index (χ4v) is 3.94. The first-order chi connectivity index (χ1) is 17.1. The van der Waals surface area contributed by atoms with Gasteiger partial charge in [0.1, 0.15) is 6.11 Å². The minimum absolute atomic E-state index is 0.388. The van der Waals surface area contributed by atoms with Gasteiger partial charge in [0.25, 0.3) is 0 Å². The van der Waals surface area contributed by atoms with E-state index in [1.165, 1.54) is 96.3 Å². The summed E-state index contributed by atoms with van der Waals surface area (Å²) in [4.78, 5) is 23.2. The SMILES string of the molecule is CCCCCCCCCCCCCCCCC#COC(=O)/C=C\C(=O)OCCCCCCC(C)C. The third kappa shape index (κ3) is 28.4. The van der Waals surface area contributed by atoms with Crippen LogP contribution in [-0.4, -0.2) is 18.5 Å². The average molecular weight is 491 g/mol. The molecule has 0 bridgehead atoms. The maximum Gasteiger partial charge on any atom is 0.344 e. The van der Waals surface area contributed by atoms with E-state index in [9.17, 15) is 9.59 Å². The van der Waals surface area contributed by atoms with Crippen LogP contribution in [0.3, 0.4) is 0 Å². The molecule has 0 saturated heterocycles. The summed E-state index contributed by atoms with van der Waals surface area (Å²) in [5.74, 6) is 2.46. The number of hydrogen-bond donors (Lipinski definition) is 0. The van der Waals surface area contributed by atoms with Gasteiger partial charge in [0.2, 0.25) is 0 Å². The number of hydrogen-bond acceptors (Lipinski definition) is 4. The molecule has 0 saturated carbocycles. The number of ether oxygens (including phenoxy) is 2. The van der Waals surface area contributed by atoms with Crippen LogP contribution in [0.25, 0.3) is 0 Å². The van der Waals surface area contributed by atoms with Gasteiger partial charge >= 0.3 is 11.9 Å². The van der Waals surface area contributed by atoms with E-state index in [0.29, 0.717) is 6.61 Å². The van der Waals surface area contributed by atoms with Gasteiger partial charge in [-0.15, -0.1) is 0 Å². The standard InChI is InChI=1S/C31H54O4/c1-4-5-6-7-8-9-10-11-12-13-14-15-16-17-19-22-27-34-30(32)25-26-31(33)35-28-23-20-18-21-24-29(2)3/h25-26,29H,4-21,23-24,28H2,1-3H3/b26-25-. The van der Waals surface area contributed by atoms with Crippen LogP contribution in [0.4, 0.5) is 0 Å². The van der Waals surface area contributed by atoms with Gasteiger partial charge < -0.3 is 9.47 Å². The number of rotatable bonds is 23. The number of unbranched alkanes of at least 4 members (excludes halogenated alkanes) is 17. The zero-order chi connectivity index (χ0) is 25.8. The van der Waals surface area contributed by atoms with Crippen LogP contribution in [0.1, 0.15) is 149 Å². The van der Waals surface area contributed by atoms with E-state index in [1.54, 1.807) is 0 Å². The summed E-state index contributed by atoms with van der Waals surface area (Å²) in [5.41, 5.74) is 0. The first-order valence-electron chi connectivity index (χ1n) is 14.6. The van der Waals surface area contributed by atoms with E-state index < -0.39 is 11.9 Å². The Balaban J connectivity index is 3.47. The molecule has 0 aliphatic heterocycles. The topological polar surface area (TPSA) is 52.6 Å². The Hall–Kier alpha value is -1.76. The minimum atomic E-state index is -0.635. The normalized spacial score (nSPS) is 11.0. The van der Waals surface area contributed by atoms with Gasteiger partial charge in [0.15, 0.2) is 0 Å². The Labute approximate surface area is 217 Å². The van der Waals surface area contributed by atoms with Crippen molar-refractivity contribution in [3.8, 4) is 12.0 Å². The van der Waals surface area contributed by atoms with Crippen molar-refractivity contribution in [3.05, 3.63) is 12.2 Å². The lowest BCUT2D eigenvalue weighted by Crippen LogP contribution is -2.04. The predicted molar refractivity (Wildman–Crippen MR) is 147 cm³/mol. The monoisotopic (exact) mass is 490 g/mol. The van der Waals surface area contributed by atoms with Crippen molar-refractivity contribution in [2.45, 2.75) is 149 Å². The van der Waals surface area contributed by atoms with Crippen LogP contribution in [0, 0.1) is 17.9 Å². The molecule has 0 aliphatic rings. The third-order valence-corrected chi connectivity index (χ3v) is 6.15. The Bertz CT molecular complexity index is 583. The van der Waals surface area contributed by atoms with E-state index >= 15 is 0 Å². The van der Waals surface area contributed by atoms with E-state index in [1.807, 2.05) is 0 Å². The third-order valence-electron chi connectivity index (χ3n) is 6.15. The first kappa shape index (κ1) is 33.2. The highest BCUT2D eigenvalue weighted by Gasteiger charge is 2.01. The lowest BCUT2D eigenvalue weighted by molar-refractivity contribution is -0.138. The fourth-order valence-electron chi connectivity index (χ4n) is 3.94. The van der Waals surface area contributed by atoms with Crippen molar-refractivity contribution in [2.24, 2.45) is 5.92 Å². The van der Waals surface area contributed by atoms with Crippen molar-refractivity contribution in [1.82, 2.24) is 0 Å². The second kappa shape index (κ2) is 26.8. The van der Waals surface area contributed by atoms with Crippen molar-refractivity contribution >= 4 is 11.9 Å². The molecule has 0 aliphatic carbocycles. The zero-order valence-corrected chi connectivity index (χ0v) is 23.2. The Morgan fingerprint density at radius 3 is 1.71 bits per heavy atom. The molecule has 202 valence electrons. The van der Waals surface area contributed by atoms with Crippen LogP contribution in [0.2, 0.25) is 0 Å². The summed E-state index contributed by atoms with van der Waals surface area (Å²) in [5, 5.41) is 0. The molecule has 0 heterocycles. The lowest BCUT2D eigenvalue weighted by Gasteiger charge is -2.04. The summed E-state index contributed by atoms with van der Waals surface area (Å²) < 4.78 is 9.90. The molecule has 0 aromatic rings. The van der Waals surface area contributed by atoms with Crippen LogP contribution in [-0.2, 0) is 19.1 Å². The van der Waals surface area contributed by atoms with E-state index in [-0.39, 0.29) is 0 Å². The number of carbonyl (C=O) groups excluding carboxylic acids is 2. The molecular weight excluding hydrogens is 436 g/mol. The van der Waals surface area contributed by atoms with E-state index in [2.05, 4.69) is 32.8 Å². The van der Waals surface area contributed by atoms with Gasteiger partial charge in [-0.2, -0.15) is 0 Å². The first-order valence-corrected chi connectivity index (χ1v) is 14.6. The number of carbonyl (C=O) groups is 2. The van der Waals surface area contributed by atoms with Gasteiger partial charge in [-0.1, -0.05) is 136 Å². The van der Waals surface area contributed by atoms with E-state index in [0.717, 1.165) is 50.2 Å². The fraction of sp³-hybridized carbons (Fsp3) is 0.806. The molecule has 0 rings (SSSR count).